The third kappa shape index (κ3) is 7.75. The zero-order valence-corrected chi connectivity index (χ0v) is 18.3. The van der Waals surface area contributed by atoms with Gasteiger partial charge in [0.05, 0.1) is 42.8 Å². The molecule has 0 bridgehead atoms. The number of aliphatic carboxylic acids is 1. The number of aryl methyl sites for hydroxylation is 2. The average molecular weight is 482 g/mol. The second-order valence-corrected chi connectivity index (χ2v) is 6.86. The summed E-state index contributed by atoms with van der Waals surface area (Å²) in [5, 5.41) is 37.6. The number of pyridine rings is 2. The molecule has 0 aliphatic rings. The Morgan fingerprint density at radius 1 is 1.14 bits per heavy atom. The molecule has 3 aromatic rings. The van der Waals surface area contributed by atoms with Gasteiger partial charge in [0.25, 0.3) is 0 Å². The molecule has 182 valence electrons. The number of amides is 1. The molecule has 0 aliphatic carbocycles. The number of anilines is 3. The van der Waals surface area contributed by atoms with E-state index in [1.165, 1.54) is 41.3 Å². The number of tetrazole rings is 1. The largest absolute Gasteiger partial charge is 0.480 e. The van der Waals surface area contributed by atoms with E-state index in [-0.39, 0.29) is 30.8 Å². The van der Waals surface area contributed by atoms with Crippen LogP contribution in [0, 0.1) is 11.3 Å². The number of carbonyl (C=O) groups is 3. The van der Waals surface area contributed by atoms with Gasteiger partial charge in [0.1, 0.15) is 17.6 Å². The maximum Gasteiger partial charge on any atom is 0.354 e. The van der Waals surface area contributed by atoms with Gasteiger partial charge < -0.3 is 21.7 Å². The number of carboxylic acid groups (broad SMARTS) is 2. The van der Waals surface area contributed by atoms with Gasteiger partial charge in [-0.1, -0.05) is 0 Å². The lowest BCUT2D eigenvalue weighted by Gasteiger charge is -2.23. The SMILES string of the molecule is N#CCCn1nnnc1CC[C@@H](C(=O)O)N(C=O)c1ccc(N)cn1.Nc1ccc(C(=O)O)nc1. The van der Waals surface area contributed by atoms with Crippen molar-refractivity contribution >= 4 is 35.5 Å². The van der Waals surface area contributed by atoms with Crippen LogP contribution in [0.15, 0.2) is 36.7 Å². The van der Waals surface area contributed by atoms with E-state index in [1.807, 2.05) is 6.07 Å². The molecule has 0 radical (unpaired) electrons. The number of aromatic carboxylic acids is 1. The van der Waals surface area contributed by atoms with Gasteiger partial charge in [-0.25, -0.2) is 24.2 Å². The molecule has 6 N–H and O–H groups in total. The van der Waals surface area contributed by atoms with Crippen LogP contribution in [0.1, 0.15) is 29.2 Å². The number of hydrogen-bond donors (Lipinski definition) is 4. The smallest absolute Gasteiger partial charge is 0.354 e. The highest BCUT2D eigenvalue weighted by molar-refractivity contribution is 5.87. The molecule has 0 spiro atoms. The van der Waals surface area contributed by atoms with Gasteiger partial charge in [0.15, 0.2) is 5.82 Å². The molecule has 0 aromatic carbocycles. The third-order valence-electron chi connectivity index (χ3n) is 4.46. The third-order valence-corrected chi connectivity index (χ3v) is 4.46. The van der Waals surface area contributed by atoms with Crippen LogP contribution in [0.25, 0.3) is 0 Å². The molecule has 15 nitrogen and oxygen atoms in total. The predicted molar refractivity (Wildman–Crippen MR) is 121 cm³/mol. The van der Waals surface area contributed by atoms with Crippen molar-refractivity contribution in [3.05, 3.63) is 48.2 Å². The Morgan fingerprint density at radius 3 is 2.34 bits per heavy atom. The molecule has 3 rings (SSSR count). The van der Waals surface area contributed by atoms with Gasteiger partial charge in [0.2, 0.25) is 6.41 Å². The van der Waals surface area contributed by atoms with Crippen molar-refractivity contribution in [1.82, 2.24) is 30.2 Å². The monoisotopic (exact) mass is 482 g/mol. The Morgan fingerprint density at radius 2 is 1.83 bits per heavy atom. The van der Waals surface area contributed by atoms with Gasteiger partial charge in [-0.2, -0.15) is 5.26 Å². The number of aromatic nitrogens is 6. The first kappa shape index (κ1) is 26.1. The number of nitrogens with two attached hydrogens (primary N) is 2. The van der Waals surface area contributed by atoms with Crippen LogP contribution in [0.5, 0.6) is 0 Å². The fourth-order valence-electron chi connectivity index (χ4n) is 2.75. The molecule has 0 saturated carbocycles. The highest BCUT2D eigenvalue weighted by atomic mass is 16.4. The minimum Gasteiger partial charge on any atom is -0.480 e. The van der Waals surface area contributed by atoms with Crippen LogP contribution in [-0.2, 0) is 22.6 Å². The second-order valence-electron chi connectivity index (χ2n) is 6.86. The molecule has 0 aliphatic heterocycles. The summed E-state index contributed by atoms with van der Waals surface area (Å²) < 4.78 is 1.44. The van der Waals surface area contributed by atoms with Gasteiger partial charge in [0, 0.05) is 6.42 Å². The van der Waals surface area contributed by atoms with Crippen LogP contribution in [0.4, 0.5) is 17.2 Å². The van der Waals surface area contributed by atoms with E-state index in [0.717, 1.165) is 4.90 Å². The Hall–Kier alpha value is -5.13. The lowest BCUT2D eigenvalue weighted by atomic mass is 10.1. The zero-order valence-electron chi connectivity index (χ0n) is 18.3. The molecule has 1 amide bonds. The van der Waals surface area contributed by atoms with Crippen molar-refractivity contribution in [3.8, 4) is 6.07 Å². The number of nitriles is 1. The molecule has 1 atom stereocenters. The molecular weight excluding hydrogens is 460 g/mol. The molecule has 0 fully saturated rings. The summed E-state index contributed by atoms with van der Waals surface area (Å²) >= 11 is 0. The van der Waals surface area contributed by atoms with E-state index in [4.69, 9.17) is 21.8 Å². The van der Waals surface area contributed by atoms with Gasteiger partial charge in [-0.3, -0.25) is 9.69 Å². The lowest BCUT2D eigenvalue weighted by Crippen LogP contribution is -2.41. The van der Waals surface area contributed by atoms with Crippen LogP contribution in [-0.4, -0.2) is 64.8 Å². The van der Waals surface area contributed by atoms with Crippen molar-refractivity contribution < 1.29 is 24.6 Å². The summed E-state index contributed by atoms with van der Waals surface area (Å²) in [6, 6.07) is 6.69. The fourth-order valence-corrected chi connectivity index (χ4v) is 2.75. The standard InChI is InChI=1S/C14H16N8O3.C6H6N2O2/c15-6-1-7-22-13(18-19-20-22)5-3-11(14(24)25)21(9-23)12-4-2-10(16)8-17-12;7-4-1-2-5(6(9)10)8-3-4/h2,4,8-9,11H,1,3,5,7,16H2,(H,24,25);1-3H,7H2,(H,9,10)/t11-;/m0./s1. The summed E-state index contributed by atoms with van der Waals surface area (Å²) in [7, 11) is 0. The molecule has 35 heavy (non-hydrogen) atoms. The zero-order chi connectivity index (χ0) is 25.8. The molecule has 0 unspecified atom stereocenters. The first-order valence-electron chi connectivity index (χ1n) is 10.0. The first-order valence-corrected chi connectivity index (χ1v) is 10.0. The topological polar surface area (TPSA) is 240 Å². The normalized spacial score (nSPS) is 10.8. The predicted octanol–water partition coefficient (Wildman–Crippen LogP) is -0.0252. The fraction of sp³-hybridized carbons (Fsp3) is 0.250. The maximum atomic E-state index is 11.6. The van der Waals surface area contributed by atoms with Crippen LogP contribution >= 0.6 is 0 Å². The van der Waals surface area contributed by atoms with E-state index in [1.54, 1.807) is 0 Å². The highest BCUT2D eigenvalue weighted by Gasteiger charge is 2.27. The second kappa shape index (κ2) is 12.8. The minimum absolute atomic E-state index is 0.00852. The lowest BCUT2D eigenvalue weighted by molar-refractivity contribution is -0.139. The van der Waals surface area contributed by atoms with Crippen molar-refractivity contribution in [3.63, 3.8) is 0 Å². The van der Waals surface area contributed by atoms with E-state index in [2.05, 4.69) is 25.5 Å². The van der Waals surface area contributed by atoms with Crippen molar-refractivity contribution in [2.45, 2.75) is 31.8 Å². The molecule has 3 heterocycles. The first-order chi connectivity index (χ1) is 16.8. The quantitative estimate of drug-likeness (QED) is 0.278. The minimum atomic E-state index is -1.18. The summed E-state index contributed by atoms with van der Waals surface area (Å²) in [4.78, 5) is 41.8. The van der Waals surface area contributed by atoms with Crippen LogP contribution in [0.3, 0.4) is 0 Å². The van der Waals surface area contributed by atoms with Crippen molar-refractivity contribution in [2.24, 2.45) is 0 Å². The van der Waals surface area contributed by atoms with E-state index < -0.39 is 18.0 Å². The molecule has 3 aromatic heterocycles. The number of hydrogen-bond acceptors (Lipinski definition) is 11. The van der Waals surface area contributed by atoms with E-state index in [9.17, 15) is 19.5 Å². The number of carboxylic acids is 2. The molecule has 0 saturated heterocycles. The Labute approximate surface area is 198 Å². The van der Waals surface area contributed by atoms with Crippen molar-refractivity contribution in [1.29, 1.82) is 5.26 Å². The Bertz CT molecular complexity index is 1170. The van der Waals surface area contributed by atoms with Gasteiger partial charge in [-0.05, 0) is 41.1 Å². The van der Waals surface area contributed by atoms with Gasteiger partial charge >= 0.3 is 11.9 Å². The summed E-state index contributed by atoms with van der Waals surface area (Å²) in [5.41, 5.74) is 11.7. The molecular formula is C20H22N10O5. The van der Waals surface area contributed by atoms with Crippen molar-refractivity contribution in [2.75, 3.05) is 16.4 Å². The molecule has 15 heteroatoms. The Balaban J connectivity index is 0.000000360. The number of nitrogen functional groups attached to an aromatic ring is 2. The van der Waals surface area contributed by atoms with Gasteiger partial charge in [-0.15, -0.1) is 5.10 Å². The number of nitrogens with zero attached hydrogens (tertiary/aromatic N) is 8. The van der Waals surface area contributed by atoms with Crippen LogP contribution in [0.2, 0.25) is 0 Å². The summed E-state index contributed by atoms with van der Waals surface area (Å²) in [5.74, 6) is -1.60. The van der Waals surface area contributed by atoms with E-state index >= 15 is 0 Å². The average Bonchev–Trinajstić information content (AvgIpc) is 3.29. The maximum absolute atomic E-state index is 11.6. The van der Waals surface area contributed by atoms with Crippen LogP contribution < -0.4 is 16.4 Å². The number of carbonyl (C=O) groups excluding carboxylic acids is 1. The highest BCUT2D eigenvalue weighted by Crippen LogP contribution is 2.17. The Kier molecular flexibility index (Phi) is 9.55. The van der Waals surface area contributed by atoms with E-state index in [0.29, 0.717) is 30.2 Å². The number of rotatable bonds is 10. The summed E-state index contributed by atoms with van der Waals surface area (Å²) in [6.07, 6.45) is 3.59. The summed E-state index contributed by atoms with van der Waals surface area (Å²) in [6.45, 7) is 0.313.